The zero-order valence-electron chi connectivity index (χ0n) is 11.1. The Morgan fingerprint density at radius 1 is 1.11 bits per heavy atom. The first-order chi connectivity index (χ1) is 8.20. The van der Waals surface area contributed by atoms with Gasteiger partial charge in [0.2, 0.25) is 5.91 Å². The molecule has 0 aromatic rings. The first-order valence-electron chi connectivity index (χ1n) is 6.87. The summed E-state index contributed by atoms with van der Waals surface area (Å²) in [6.45, 7) is 4.07. The van der Waals surface area contributed by atoms with Crippen LogP contribution in [0.3, 0.4) is 0 Å². The van der Waals surface area contributed by atoms with Gasteiger partial charge >= 0.3 is 0 Å². The summed E-state index contributed by atoms with van der Waals surface area (Å²) in [6, 6.07) is 0. The van der Waals surface area contributed by atoms with E-state index in [9.17, 15) is 20.4 Å². The van der Waals surface area contributed by atoms with Crippen LogP contribution in [0, 0.1) is 11.3 Å². The van der Waals surface area contributed by atoms with Crippen LogP contribution in [-0.2, 0) is 0 Å². The van der Waals surface area contributed by atoms with Crippen LogP contribution in [-0.4, -0.2) is 49.1 Å². The van der Waals surface area contributed by atoms with Gasteiger partial charge in [0.05, 0.1) is 5.54 Å². The minimum absolute atomic E-state index is 0.232. The highest BCUT2D eigenvalue weighted by Crippen LogP contribution is 2.72. The normalized spacial score (nSPS) is 37.5. The Morgan fingerprint density at radius 3 is 2.22 bits per heavy atom. The summed E-state index contributed by atoms with van der Waals surface area (Å²) < 4.78 is 0. The van der Waals surface area contributed by atoms with Crippen molar-refractivity contribution in [2.75, 3.05) is 6.54 Å². The molecule has 0 bridgehead atoms. The molecular weight excluding hydrogens is 234 g/mol. The van der Waals surface area contributed by atoms with Crippen LogP contribution in [0.2, 0.25) is 0 Å². The summed E-state index contributed by atoms with van der Waals surface area (Å²) in [7, 11) is 0. The minimum Gasteiger partial charge on any atom is -0.364 e. The first-order valence-corrected chi connectivity index (χ1v) is 6.87. The largest absolute Gasteiger partial charge is 0.364 e. The second-order valence-electron chi connectivity index (χ2n) is 6.73. The molecule has 1 spiro atoms. The number of aliphatic hydroxyl groups is 4. The molecule has 2 saturated heterocycles. The van der Waals surface area contributed by atoms with E-state index in [1.165, 1.54) is 0 Å². The van der Waals surface area contributed by atoms with Crippen molar-refractivity contribution in [3.05, 3.63) is 0 Å². The van der Waals surface area contributed by atoms with Gasteiger partial charge in [0, 0.05) is 24.3 Å². The van der Waals surface area contributed by atoms with E-state index >= 15 is 0 Å². The molecule has 4 N–H and O–H groups in total. The molecule has 1 saturated carbocycles. The molecule has 2 heterocycles. The van der Waals surface area contributed by atoms with E-state index in [1.54, 1.807) is 18.7 Å². The van der Waals surface area contributed by atoms with Crippen molar-refractivity contribution in [3.63, 3.8) is 0 Å². The standard InChI is InChI=1S/C13H23NO4/c1-9(2)13(17,18)11-4-3-7-14(11)12(15,16)8-10(11)5-6-10/h9,15-18H,3-8H2,1-2H3/t11-/m1/s1. The molecule has 2 aliphatic heterocycles. The van der Waals surface area contributed by atoms with Crippen molar-refractivity contribution >= 4 is 0 Å². The van der Waals surface area contributed by atoms with Crippen molar-refractivity contribution in [3.8, 4) is 0 Å². The van der Waals surface area contributed by atoms with E-state index < -0.39 is 17.2 Å². The molecule has 18 heavy (non-hydrogen) atoms. The molecule has 0 amide bonds. The lowest BCUT2D eigenvalue weighted by atomic mass is 9.70. The minimum atomic E-state index is -1.89. The maximum atomic E-state index is 10.7. The Labute approximate surface area is 107 Å². The number of rotatable bonds is 2. The van der Waals surface area contributed by atoms with E-state index in [-0.39, 0.29) is 17.8 Å². The molecule has 3 fully saturated rings. The molecule has 0 aromatic carbocycles. The lowest BCUT2D eigenvalue weighted by Gasteiger charge is -2.50. The van der Waals surface area contributed by atoms with Gasteiger partial charge in [-0.1, -0.05) is 13.8 Å². The highest BCUT2D eigenvalue weighted by atomic mass is 16.5. The van der Waals surface area contributed by atoms with Gasteiger partial charge in [-0.15, -0.1) is 0 Å². The molecule has 3 rings (SSSR count). The third-order valence-corrected chi connectivity index (χ3v) is 5.53. The predicted molar refractivity (Wildman–Crippen MR) is 64.1 cm³/mol. The average Bonchev–Trinajstić information content (AvgIpc) is 2.79. The fourth-order valence-electron chi connectivity index (χ4n) is 4.54. The summed E-state index contributed by atoms with van der Waals surface area (Å²) in [5.41, 5.74) is -1.22. The van der Waals surface area contributed by atoms with Gasteiger partial charge in [-0.05, 0) is 25.7 Å². The monoisotopic (exact) mass is 257 g/mol. The topological polar surface area (TPSA) is 84.2 Å². The summed E-state index contributed by atoms with van der Waals surface area (Å²) in [6.07, 6.45) is 3.33. The average molecular weight is 257 g/mol. The summed E-state index contributed by atoms with van der Waals surface area (Å²) in [5, 5.41) is 41.7. The summed E-state index contributed by atoms with van der Waals surface area (Å²) >= 11 is 0. The van der Waals surface area contributed by atoms with Crippen molar-refractivity contribution in [1.29, 1.82) is 0 Å². The van der Waals surface area contributed by atoms with E-state index in [1.807, 2.05) is 0 Å². The van der Waals surface area contributed by atoms with Gasteiger partial charge in [-0.2, -0.15) is 0 Å². The second kappa shape index (κ2) is 3.27. The van der Waals surface area contributed by atoms with E-state index in [0.717, 1.165) is 19.3 Å². The molecule has 0 radical (unpaired) electrons. The van der Waals surface area contributed by atoms with E-state index in [0.29, 0.717) is 13.0 Å². The van der Waals surface area contributed by atoms with Crippen molar-refractivity contribution in [2.45, 2.75) is 63.2 Å². The highest BCUT2D eigenvalue weighted by molar-refractivity contribution is 5.27. The van der Waals surface area contributed by atoms with Gasteiger partial charge in [-0.25, -0.2) is 4.90 Å². The number of fused-ring (bicyclic) bond motifs is 2. The van der Waals surface area contributed by atoms with Gasteiger partial charge in [0.1, 0.15) is 0 Å². The van der Waals surface area contributed by atoms with Crippen LogP contribution in [0.5, 0.6) is 0 Å². The molecule has 104 valence electrons. The third-order valence-electron chi connectivity index (χ3n) is 5.53. The number of hydrogen-bond donors (Lipinski definition) is 4. The summed E-state index contributed by atoms with van der Waals surface area (Å²) in [4.78, 5) is 1.55. The van der Waals surface area contributed by atoms with Crippen LogP contribution < -0.4 is 0 Å². The van der Waals surface area contributed by atoms with Crippen molar-refractivity contribution in [1.82, 2.24) is 4.90 Å². The SMILES string of the molecule is CC(C)C(O)(O)[C@]12CCCN1C(O)(O)CC21CC1. The summed E-state index contributed by atoms with van der Waals surface area (Å²) in [5.74, 6) is -4.12. The molecule has 5 heteroatoms. The first kappa shape index (κ1) is 12.8. The smallest absolute Gasteiger partial charge is 0.226 e. The number of nitrogens with zero attached hydrogens (tertiary/aromatic N) is 1. The molecule has 1 aliphatic carbocycles. The van der Waals surface area contributed by atoms with Crippen molar-refractivity contribution in [2.24, 2.45) is 11.3 Å². The molecule has 0 unspecified atom stereocenters. The van der Waals surface area contributed by atoms with Crippen LogP contribution in [0.4, 0.5) is 0 Å². The fourth-order valence-corrected chi connectivity index (χ4v) is 4.54. The van der Waals surface area contributed by atoms with E-state index in [4.69, 9.17) is 0 Å². The maximum Gasteiger partial charge on any atom is 0.226 e. The molecule has 0 aromatic heterocycles. The van der Waals surface area contributed by atoms with Gasteiger partial charge in [-0.3, -0.25) is 0 Å². The number of hydrogen-bond acceptors (Lipinski definition) is 5. The van der Waals surface area contributed by atoms with Crippen molar-refractivity contribution < 1.29 is 20.4 Å². The Balaban J connectivity index is 2.13. The molecule has 1 atom stereocenters. The predicted octanol–water partition coefficient (Wildman–Crippen LogP) is -0.0198. The van der Waals surface area contributed by atoms with Gasteiger partial charge in [0.25, 0.3) is 0 Å². The van der Waals surface area contributed by atoms with Gasteiger partial charge < -0.3 is 20.4 Å². The fraction of sp³-hybridized carbons (Fsp3) is 1.00. The zero-order valence-corrected chi connectivity index (χ0v) is 11.1. The maximum absolute atomic E-state index is 10.7. The molecule has 5 nitrogen and oxygen atoms in total. The Kier molecular flexibility index (Phi) is 2.33. The van der Waals surface area contributed by atoms with Crippen LogP contribution >= 0.6 is 0 Å². The van der Waals surface area contributed by atoms with E-state index in [2.05, 4.69) is 0 Å². The third kappa shape index (κ3) is 1.20. The molecule has 3 aliphatic rings. The lowest BCUT2D eigenvalue weighted by Crippen LogP contribution is -2.67. The Bertz CT molecular complexity index is 375. The quantitative estimate of drug-likeness (QED) is 0.523. The second-order valence-corrected chi connectivity index (χ2v) is 6.73. The molecular formula is C13H23NO4. The lowest BCUT2D eigenvalue weighted by molar-refractivity contribution is -0.318. The Hall–Kier alpha value is -0.200. The highest BCUT2D eigenvalue weighted by Gasteiger charge is 2.80. The van der Waals surface area contributed by atoms with Crippen LogP contribution in [0.25, 0.3) is 0 Å². The Morgan fingerprint density at radius 2 is 1.72 bits per heavy atom. The zero-order chi connectivity index (χ0) is 13.4. The van der Waals surface area contributed by atoms with Gasteiger partial charge in [0.15, 0.2) is 5.79 Å². The van der Waals surface area contributed by atoms with Crippen LogP contribution in [0.1, 0.15) is 46.0 Å². The van der Waals surface area contributed by atoms with Crippen LogP contribution in [0.15, 0.2) is 0 Å².